The molecule has 20 heavy (non-hydrogen) atoms. The van der Waals surface area contributed by atoms with Crippen LogP contribution in [-0.2, 0) is 9.47 Å². The SMILES string of the molecule is O=C(O)OC(=O)c1cc(O)c(C(=O)OC(=O)O)cc1O. The number of phenols is 2. The average Bonchev–Trinajstić information content (AvgIpc) is 2.29. The Morgan fingerprint density at radius 2 is 1.05 bits per heavy atom. The van der Waals surface area contributed by atoms with Gasteiger partial charge in [0.05, 0.1) is 0 Å². The molecule has 1 rings (SSSR count). The molecule has 0 aliphatic rings. The zero-order chi connectivity index (χ0) is 15.4. The van der Waals surface area contributed by atoms with E-state index in [1.54, 1.807) is 0 Å². The van der Waals surface area contributed by atoms with Crippen molar-refractivity contribution >= 4 is 24.2 Å². The number of ether oxygens (including phenoxy) is 2. The van der Waals surface area contributed by atoms with Crippen LogP contribution in [0.3, 0.4) is 0 Å². The number of aromatic hydroxyl groups is 2. The first-order chi connectivity index (χ1) is 9.22. The zero-order valence-corrected chi connectivity index (χ0v) is 9.39. The van der Waals surface area contributed by atoms with Crippen molar-refractivity contribution in [3.8, 4) is 11.5 Å². The Labute approximate surface area is 109 Å². The second-order valence-electron chi connectivity index (χ2n) is 3.20. The molecule has 0 saturated carbocycles. The van der Waals surface area contributed by atoms with Gasteiger partial charge in [0.25, 0.3) is 0 Å². The Morgan fingerprint density at radius 1 is 0.750 bits per heavy atom. The maximum absolute atomic E-state index is 11.2. The molecule has 0 radical (unpaired) electrons. The van der Waals surface area contributed by atoms with Crippen LogP contribution in [0.2, 0.25) is 0 Å². The number of esters is 2. The Balaban J connectivity index is 3.15. The molecule has 0 bridgehead atoms. The first-order valence-corrected chi connectivity index (χ1v) is 4.68. The molecule has 0 spiro atoms. The minimum Gasteiger partial charge on any atom is -0.507 e. The summed E-state index contributed by atoms with van der Waals surface area (Å²) >= 11 is 0. The van der Waals surface area contributed by atoms with E-state index in [0.717, 1.165) is 0 Å². The van der Waals surface area contributed by atoms with Crippen molar-refractivity contribution in [3.63, 3.8) is 0 Å². The van der Waals surface area contributed by atoms with Crippen LogP contribution >= 0.6 is 0 Å². The van der Waals surface area contributed by atoms with Crippen LogP contribution in [0.4, 0.5) is 9.59 Å². The smallest absolute Gasteiger partial charge is 0.507 e. The lowest BCUT2D eigenvalue weighted by Gasteiger charge is -2.07. The third-order valence-corrected chi connectivity index (χ3v) is 1.91. The lowest BCUT2D eigenvalue weighted by molar-refractivity contribution is 0.0480. The largest absolute Gasteiger partial charge is 0.513 e. The van der Waals surface area contributed by atoms with Crippen molar-refractivity contribution < 1.29 is 49.1 Å². The molecule has 0 aromatic heterocycles. The molecule has 10 heteroatoms. The molecule has 0 aliphatic heterocycles. The Morgan fingerprint density at radius 3 is 1.30 bits per heavy atom. The molecule has 0 amide bonds. The number of rotatable bonds is 2. The maximum Gasteiger partial charge on any atom is 0.513 e. The maximum atomic E-state index is 11.2. The predicted octanol–water partition coefficient (Wildman–Crippen LogP) is 0.767. The van der Waals surface area contributed by atoms with E-state index in [1.807, 2.05) is 0 Å². The monoisotopic (exact) mass is 286 g/mol. The van der Waals surface area contributed by atoms with Gasteiger partial charge in [-0.2, -0.15) is 0 Å². The Hall–Kier alpha value is -3.30. The number of hydrogen-bond donors (Lipinski definition) is 4. The van der Waals surface area contributed by atoms with Crippen LogP contribution < -0.4 is 0 Å². The van der Waals surface area contributed by atoms with Gasteiger partial charge >= 0.3 is 24.2 Å². The molecule has 10 nitrogen and oxygen atoms in total. The number of carboxylic acid groups (broad SMARTS) is 2. The first-order valence-electron chi connectivity index (χ1n) is 4.68. The van der Waals surface area contributed by atoms with Crippen molar-refractivity contribution in [1.29, 1.82) is 0 Å². The number of carbonyl (C=O) groups excluding carboxylic acids is 2. The quantitative estimate of drug-likeness (QED) is 0.346. The van der Waals surface area contributed by atoms with Gasteiger partial charge in [-0.15, -0.1) is 0 Å². The highest BCUT2D eigenvalue weighted by molar-refractivity contribution is 6.02. The number of carbonyl (C=O) groups is 4. The van der Waals surface area contributed by atoms with Crippen LogP contribution in [0.5, 0.6) is 11.5 Å². The molecule has 0 atom stereocenters. The lowest BCUT2D eigenvalue weighted by atomic mass is 10.1. The minimum absolute atomic E-state index is 0.527. The fourth-order valence-electron chi connectivity index (χ4n) is 1.17. The van der Waals surface area contributed by atoms with Gasteiger partial charge in [0.15, 0.2) is 0 Å². The highest BCUT2D eigenvalue weighted by atomic mass is 16.7. The average molecular weight is 286 g/mol. The molecule has 1 aromatic rings. The van der Waals surface area contributed by atoms with E-state index < -0.39 is 46.9 Å². The van der Waals surface area contributed by atoms with E-state index in [2.05, 4.69) is 9.47 Å². The molecule has 4 N–H and O–H groups in total. The zero-order valence-electron chi connectivity index (χ0n) is 9.39. The van der Waals surface area contributed by atoms with Gasteiger partial charge in [-0.3, -0.25) is 0 Å². The van der Waals surface area contributed by atoms with Gasteiger partial charge in [0.1, 0.15) is 22.6 Å². The standard InChI is InChI=1S/C10H6O10/c11-5-1-3(7(13)19-9(15)16)6(12)2-4(5)8(14)20-10(17)18/h1-2,11-12H,(H,15,16)(H,17,18). The van der Waals surface area contributed by atoms with Crippen molar-refractivity contribution in [2.45, 2.75) is 0 Å². The van der Waals surface area contributed by atoms with E-state index in [1.165, 1.54) is 0 Å². The number of benzene rings is 1. The minimum atomic E-state index is -1.94. The second kappa shape index (κ2) is 5.56. The highest BCUT2D eigenvalue weighted by Gasteiger charge is 2.23. The van der Waals surface area contributed by atoms with Crippen molar-refractivity contribution in [2.24, 2.45) is 0 Å². The van der Waals surface area contributed by atoms with Gasteiger partial charge < -0.3 is 29.9 Å². The molecule has 0 fully saturated rings. The van der Waals surface area contributed by atoms with Crippen LogP contribution in [-0.4, -0.2) is 44.7 Å². The second-order valence-corrected chi connectivity index (χ2v) is 3.20. The van der Waals surface area contributed by atoms with E-state index in [-0.39, 0.29) is 0 Å². The Kier molecular flexibility index (Phi) is 4.10. The summed E-state index contributed by atoms with van der Waals surface area (Å²) in [5.41, 5.74) is -1.48. The summed E-state index contributed by atoms with van der Waals surface area (Å²) < 4.78 is 7.47. The molecular formula is C10H6O10. The fourth-order valence-corrected chi connectivity index (χ4v) is 1.17. The summed E-state index contributed by atoms with van der Waals surface area (Å²) in [6, 6.07) is 1.05. The van der Waals surface area contributed by atoms with Gasteiger partial charge in [0.2, 0.25) is 0 Å². The van der Waals surface area contributed by atoms with Crippen molar-refractivity contribution in [1.82, 2.24) is 0 Å². The summed E-state index contributed by atoms with van der Waals surface area (Å²) in [7, 11) is 0. The summed E-state index contributed by atoms with van der Waals surface area (Å²) in [6.07, 6.45) is -3.88. The predicted molar refractivity (Wildman–Crippen MR) is 56.7 cm³/mol. The molecule has 0 heterocycles. The van der Waals surface area contributed by atoms with Crippen LogP contribution in [0.25, 0.3) is 0 Å². The van der Waals surface area contributed by atoms with Gasteiger partial charge in [-0.25, -0.2) is 19.2 Å². The summed E-state index contributed by atoms with van der Waals surface area (Å²) in [4.78, 5) is 42.7. The third-order valence-electron chi connectivity index (χ3n) is 1.91. The van der Waals surface area contributed by atoms with Crippen LogP contribution in [0.15, 0.2) is 12.1 Å². The Bertz CT molecular complexity index is 549. The molecule has 0 aliphatic carbocycles. The summed E-state index contributed by atoms with van der Waals surface area (Å²) in [5.74, 6) is -4.82. The molecule has 106 valence electrons. The topological polar surface area (TPSA) is 168 Å². The van der Waals surface area contributed by atoms with Gasteiger partial charge in [-0.05, 0) is 12.1 Å². The molecule has 1 aromatic carbocycles. The van der Waals surface area contributed by atoms with Crippen LogP contribution in [0, 0.1) is 0 Å². The summed E-state index contributed by atoms with van der Waals surface area (Å²) in [6.45, 7) is 0. The number of phenolic OH excluding ortho intramolecular Hbond substituents is 2. The number of hydrogen-bond acceptors (Lipinski definition) is 8. The van der Waals surface area contributed by atoms with Crippen LogP contribution in [0.1, 0.15) is 20.7 Å². The third kappa shape index (κ3) is 3.35. The highest BCUT2D eigenvalue weighted by Crippen LogP contribution is 2.28. The summed E-state index contributed by atoms with van der Waals surface area (Å²) in [5, 5.41) is 35.3. The molecule has 0 saturated heterocycles. The van der Waals surface area contributed by atoms with Gasteiger partial charge in [-0.1, -0.05) is 0 Å². The van der Waals surface area contributed by atoms with E-state index >= 15 is 0 Å². The van der Waals surface area contributed by atoms with Crippen molar-refractivity contribution in [2.75, 3.05) is 0 Å². The van der Waals surface area contributed by atoms with Gasteiger partial charge in [0, 0.05) is 0 Å². The normalized spacial score (nSPS) is 9.60. The van der Waals surface area contributed by atoms with E-state index in [9.17, 15) is 29.4 Å². The van der Waals surface area contributed by atoms with E-state index in [0.29, 0.717) is 12.1 Å². The lowest BCUT2D eigenvalue weighted by Crippen LogP contribution is -2.13. The first kappa shape index (κ1) is 14.8. The fraction of sp³-hybridized carbons (Fsp3) is 0. The molecular weight excluding hydrogens is 280 g/mol. The molecule has 0 unspecified atom stereocenters. The van der Waals surface area contributed by atoms with E-state index in [4.69, 9.17) is 10.2 Å². The van der Waals surface area contributed by atoms with Crippen molar-refractivity contribution in [3.05, 3.63) is 23.3 Å².